The Bertz CT molecular complexity index is 1740. The molecule has 0 radical (unpaired) electrons. The van der Waals surface area contributed by atoms with Crippen LogP contribution >= 0.6 is 0 Å². The summed E-state index contributed by atoms with van der Waals surface area (Å²) in [6.07, 6.45) is 8.11. The molecule has 0 aliphatic rings. The Hall–Kier alpha value is -5.50. The molecule has 0 amide bonds. The van der Waals surface area contributed by atoms with Crippen molar-refractivity contribution >= 4 is 11.5 Å². The lowest BCUT2D eigenvalue weighted by atomic mass is 10.0. The van der Waals surface area contributed by atoms with E-state index in [1.807, 2.05) is 18.2 Å². The first-order valence-electron chi connectivity index (χ1n) is 10.9. The third kappa shape index (κ3) is 3.68. The summed E-state index contributed by atoms with van der Waals surface area (Å²) in [5.41, 5.74) is 11.1. The second kappa shape index (κ2) is 8.69. The van der Waals surface area contributed by atoms with Crippen molar-refractivity contribution < 1.29 is 4.42 Å². The first kappa shape index (κ1) is 21.1. The van der Waals surface area contributed by atoms with E-state index in [-0.39, 0.29) is 5.82 Å². The van der Waals surface area contributed by atoms with Gasteiger partial charge in [0.2, 0.25) is 0 Å². The Kier molecular flexibility index (Phi) is 5.09. The summed E-state index contributed by atoms with van der Waals surface area (Å²) in [7, 11) is 0. The van der Waals surface area contributed by atoms with Crippen molar-refractivity contribution in [2.75, 3.05) is 5.73 Å². The van der Waals surface area contributed by atoms with Gasteiger partial charge in [-0.1, -0.05) is 12.1 Å². The van der Waals surface area contributed by atoms with E-state index < -0.39 is 0 Å². The number of aromatic nitrogens is 8. The number of nitrogens with two attached hydrogens (primary N) is 1. The molecule has 6 rings (SSSR count). The lowest BCUT2D eigenvalue weighted by Gasteiger charge is -2.11. The number of fused-ring (bicyclic) bond motifs is 1. The molecule has 11 nitrogen and oxygen atoms in total. The lowest BCUT2D eigenvalue weighted by Crippen LogP contribution is -2.06. The smallest absolute Gasteiger partial charge is 0.198 e. The molecule has 2 N–H and O–H groups in total. The summed E-state index contributed by atoms with van der Waals surface area (Å²) in [6, 6.07) is 14.8. The van der Waals surface area contributed by atoms with Crippen LogP contribution in [0.25, 0.3) is 39.6 Å². The van der Waals surface area contributed by atoms with Crippen LogP contribution in [0.15, 0.2) is 78.2 Å². The van der Waals surface area contributed by atoms with E-state index in [0.717, 1.165) is 11.3 Å². The molecule has 172 valence electrons. The van der Waals surface area contributed by atoms with Crippen LogP contribution in [-0.4, -0.2) is 39.5 Å². The molecular formula is C25H16N10O. The molecule has 36 heavy (non-hydrogen) atoms. The highest BCUT2D eigenvalue weighted by Gasteiger charge is 2.21. The normalized spacial score (nSPS) is 11.0. The number of nitrogens with zero attached hydrogens (tertiary/aromatic N) is 9. The van der Waals surface area contributed by atoms with E-state index in [1.54, 1.807) is 47.4 Å². The van der Waals surface area contributed by atoms with Gasteiger partial charge in [0.15, 0.2) is 29.4 Å². The first-order valence-corrected chi connectivity index (χ1v) is 10.9. The highest BCUT2D eigenvalue weighted by molar-refractivity contribution is 5.81. The highest BCUT2D eigenvalue weighted by atomic mass is 16.3. The number of anilines is 1. The minimum absolute atomic E-state index is 0.195. The summed E-state index contributed by atoms with van der Waals surface area (Å²) in [5, 5.41) is 14.2. The van der Waals surface area contributed by atoms with Gasteiger partial charge >= 0.3 is 0 Å². The van der Waals surface area contributed by atoms with Crippen molar-refractivity contribution in [3.8, 4) is 40.0 Å². The molecule has 5 aromatic heterocycles. The second-order valence-electron chi connectivity index (χ2n) is 7.79. The van der Waals surface area contributed by atoms with E-state index in [1.165, 1.54) is 12.7 Å². The standard InChI is InChI=1S/C25H16N10O/c26-11-15-3-1-4-16(9-15)22-23(18-6-8-28-13-31-18)35-25(24(27)33-22)32-21(34-35)10-19-17(5-2-7-30-19)20-12-29-14-36-20/h1-9,12-14H,10H2,(H2,27,33). The minimum atomic E-state index is 0.195. The molecular weight excluding hydrogens is 456 g/mol. The summed E-state index contributed by atoms with van der Waals surface area (Å²) in [6.45, 7) is 0. The van der Waals surface area contributed by atoms with Crippen molar-refractivity contribution in [2.45, 2.75) is 6.42 Å². The summed E-state index contributed by atoms with van der Waals surface area (Å²) >= 11 is 0. The van der Waals surface area contributed by atoms with Gasteiger partial charge in [-0.15, -0.1) is 0 Å². The Morgan fingerprint density at radius 1 is 1.03 bits per heavy atom. The van der Waals surface area contributed by atoms with Crippen LogP contribution in [0.3, 0.4) is 0 Å². The molecule has 0 spiro atoms. The van der Waals surface area contributed by atoms with Crippen molar-refractivity contribution in [2.24, 2.45) is 0 Å². The van der Waals surface area contributed by atoms with Gasteiger partial charge in [-0.25, -0.2) is 29.4 Å². The van der Waals surface area contributed by atoms with E-state index in [9.17, 15) is 5.26 Å². The third-order valence-corrected chi connectivity index (χ3v) is 5.55. The fourth-order valence-electron chi connectivity index (χ4n) is 3.97. The highest BCUT2D eigenvalue weighted by Crippen LogP contribution is 2.32. The zero-order valence-electron chi connectivity index (χ0n) is 18.6. The maximum atomic E-state index is 9.40. The fraction of sp³-hybridized carbons (Fsp3) is 0.0400. The molecule has 0 unspecified atom stereocenters. The van der Waals surface area contributed by atoms with Crippen molar-refractivity contribution in [3.63, 3.8) is 0 Å². The third-order valence-electron chi connectivity index (χ3n) is 5.55. The van der Waals surface area contributed by atoms with Gasteiger partial charge in [0.05, 0.1) is 35.6 Å². The number of nitriles is 1. The molecule has 0 saturated carbocycles. The second-order valence-corrected chi connectivity index (χ2v) is 7.79. The van der Waals surface area contributed by atoms with Gasteiger partial charge in [-0.3, -0.25) is 4.98 Å². The van der Waals surface area contributed by atoms with Gasteiger partial charge in [0, 0.05) is 23.5 Å². The number of hydrogen-bond acceptors (Lipinski definition) is 10. The van der Waals surface area contributed by atoms with Crippen LogP contribution in [0.4, 0.5) is 5.82 Å². The summed E-state index contributed by atoms with van der Waals surface area (Å²) < 4.78 is 7.10. The average molecular weight is 472 g/mol. The quantitative estimate of drug-likeness (QED) is 0.394. The fourth-order valence-corrected chi connectivity index (χ4v) is 3.97. The van der Waals surface area contributed by atoms with Crippen LogP contribution in [0, 0.1) is 11.3 Å². The van der Waals surface area contributed by atoms with Crippen LogP contribution in [0.1, 0.15) is 17.1 Å². The maximum Gasteiger partial charge on any atom is 0.198 e. The lowest BCUT2D eigenvalue weighted by molar-refractivity contribution is 0.571. The van der Waals surface area contributed by atoms with Crippen molar-refractivity contribution in [1.82, 2.24) is 39.5 Å². The van der Waals surface area contributed by atoms with Crippen LogP contribution < -0.4 is 5.73 Å². The Labute approximate surface area is 204 Å². The zero-order chi connectivity index (χ0) is 24.5. The van der Waals surface area contributed by atoms with E-state index in [2.05, 4.69) is 36.0 Å². The topological polar surface area (TPSA) is 158 Å². The maximum absolute atomic E-state index is 9.40. The Morgan fingerprint density at radius 2 is 1.97 bits per heavy atom. The number of oxazole rings is 1. The molecule has 0 bridgehead atoms. The minimum Gasteiger partial charge on any atom is -0.443 e. The van der Waals surface area contributed by atoms with Crippen LogP contribution in [-0.2, 0) is 6.42 Å². The SMILES string of the molecule is N#Cc1cccc(-c2nc(N)c3nc(Cc4ncccc4-c4cnco4)nn3c2-c2ccncn2)c1. The average Bonchev–Trinajstić information content (AvgIpc) is 3.60. The van der Waals surface area contributed by atoms with Gasteiger partial charge in [0.1, 0.15) is 17.7 Å². The zero-order valence-corrected chi connectivity index (χ0v) is 18.6. The van der Waals surface area contributed by atoms with Gasteiger partial charge in [-0.2, -0.15) is 10.4 Å². The van der Waals surface area contributed by atoms with Crippen LogP contribution in [0.2, 0.25) is 0 Å². The number of rotatable bonds is 5. The van der Waals surface area contributed by atoms with Crippen molar-refractivity contribution in [1.29, 1.82) is 5.26 Å². The molecule has 0 aliphatic carbocycles. The van der Waals surface area contributed by atoms with E-state index in [4.69, 9.17) is 15.2 Å². The van der Waals surface area contributed by atoms with Crippen molar-refractivity contribution in [3.05, 3.63) is 90.9 Å². The molecule has 0 atom stereocenters. The molecule has 6 aromatic rings. The first-order chi connectivity index (χ1) is 17.7. The molecule has 11 heteroatoms. The van der Waals surface area contributed by atoms with Gasteiger partial charge in [0.25, 0.3) is 0 Å². The number of benzene rings is 1. The van der Waals surface area contributed by atoms with Gasteiger partial charge in [-0.05, 0) is 30.3 Å². The van der Waals surface area contributed by atoms with E-state index in [0.29, 0.717) is 51.9 Å². The predicted octanol–water partition coefficient (Wildman–Crippen LogP) is 3.34. The summed E-state index contributed by atoms with van der Waals surface area (Å²) in [5.74, 6) is 1.28. The molecule has 1 aromatic carbocycles. The van der Waals surface area contributed by atoms with Gasteiger partial charge < -0.3 is 10.2 Å². The molecule has 0 fully saturated rings. The Morgan fingerprint density at radius 3 is 2.78 bits per heavy atom. The largest absolute Gasteiger partial charge is 0.443 e. The number of hydrogen-bond donors (Lipinski definition) is 1. The van der Waals surface area contributed by atoms with E-state index >= 15 is 0 Å². The predicted molar refractivity (Wildman–Crippen MR) is 129 cm³/mol. The Balaban J connectivity index is 1.54. The monoisotopic (exact) mass is 472 g/mol. The number of pyridine rings is 1. The molecule has 0 saturated heterocycles. The summed E-state index contributed by atoms with van der Waals surface area (Å²) in [4.78, 5) is 26.3. The molecule has 5 heterocycles. The molecule has 0 aliphatic heterocycles. The number of nitrogen functional groups attached to an aromatic ring is 1. The van der Waals surface area contributed by atoms with Crippen LogP contribution in [0.5, 0.6) is 0 Å².